The molecule has 1 N–H and O–H groups in total. The number of carbonyl (C=O) groups is 1. The highest BCUT2D eigenvalue weighted by Gasteiger charge is 2.43. The average Bonchev–Trinajstić information content (AvgIpc) is 3.30. The molecule has 1 atom stereocenters. The fraction of sp³-hybridized carbons (Fsp3) is 0.350. The summed E-state index contributed by atoms with van der Waals surface area (Å²) in [6.45, 7) is 0.555. The van der Waals surface area contributed by atoms with Gasteiger partial charge in [-0.2, -0.15) is 0 Å². The summed E-state index contributed by atoms with van der Waals surface area (Å²) < 4.78 is 45.9. The Morgan fingerprint density at radius 3 is 2.69 bits per heavy atom. The van der Waals surface area contributed by atoms with Gasteiger partial charge in [0.25, 0.3) is 0 Å². The molecular formula is C20H20F2N2O5. The van der Waals surface area contributed by atoms with Crippen molar-refractivity contribution in [2.45, 2.75) is 25.2 Å². The molecule has 0 bridgehead atoms. The number of methoxy groups -OCH3 is 2. The molecule has 2 amide bonds. The fourth-order valence-electron chi connectivity index (χ4n) is 3.65. The van der Waals surface area contributed by atoms with Crippen molar-refractivity contribution >= 4 is 11.7 Å². The van der Waals surface area contributed by atoms with Crippen LogP contribution in [0.25, 0.3) is 0 Å². The van der Waals surface area contributed by atoms with Crippen LogP contribution in [0.2, 0.25) is 0 Å². The number of nitrogens with one attached hydrogen (secondary N) is 1. The van der Waals surface area contributed by atoms with Crippen LogP contribution in [0, 0.1) is 0 Å². The maximum absolute atomic E-state index is 13.2. The Hall–Kier alpha value is -3.23. The first-order valence-corrected chi connectivity index (χ1v) is 9.09. The molecule has 2 aliphatic heterocycles. The first-order chi connectivity index (χ1) is 13.9. The lowest BCUT2D eigenvalue weighted by molar-refractivity contribution is -0.286. The van der Waals surface area contributed by atoms with Gasteiger partial charge < -0.3 is 29.2 Å². The molecule has 2 aliphatic rings. The van der Waals surface area contributed by atoms with Gasteiger partial charge in [-0.25, -0.2) is 4.79 Å². The maximum Gasteiger partial charge on any atom is 0.586 e. The van der Waals surface area contributed by atoms with Crippen LogP contribution in [0.4, 0.5) is 19.3 Å². The van der Waals surface area contributed by atoms with Crippen molar-refractivity contribution in [1.29, 1.82) is 0 Å². The molecule has 0 saturated carbocycles. The van der Waals surface area contributed by atoms with E-state index in [4.69, 9.17) is 9.47 Å². The molecule has 2 aromatic rings. The van der Waals surface area contributed by atoms with Gasteiger partial charge in [0, 0.05) is 23.9 Å². The van der Waals surface area contributed by atoms with Crippen LogP contribution in [0.3, 0.4) is 0 Å². The van der Waals surface area contributed by atoms with E-state index < -0.39 is 6.29 Å². The van der Waals surface area contributed by atoms with Gasteiger partial charge >= 0.3 is 12.3 Å². The highest BCUT2D eigenvalue weighted by molar-refractivity contribution is 5.90. The lowest BCUT2D eigenvalue weighted by Crippen LogP contribution is -2.34. The van der Waals surface area contributed by atoms with Crippen molar-refractivity contribution in [2.75, 3.05) is 26.1 Å². The normalized spacial score (nSPS) is 19.2. The van der Waals surface area contributed by atoms with E-state index in [-0.39, 0.29) is 23.6 Å². The summed E-state index contributed by atoms with van der Waals surface area (Å²) in [5.74, 6) is 1.14. The largest absolute Gasteiger partial charge is 0.586 e. The van der Waals surface area contributed by atoms with Crippen LogP contribution in [0.1, 0.15) is 24.4 Å². The van der Waals surface area contributed by atoms with Crippen LogP contribution < -0.4 is 24.3 Å². The predicted octanol–water partition coefficient (Wildman–Crippen LogP) is 4.39. The highest BCUT2D eigenvalue weighted by Crippen LogP contribution is 2.43. The third kappa shape index (κ3) is 3.72. The number of urea groups is 1. The number of ether oxygens (including phenoxy) is 4. The van der Waals surface area contributed by atoms with Gasteiger partial charge in [-0.15, -0.1) is 8.78 Å². The Balaban J connectivity index is 1.54. The molecule has 7 nitrogen and oxygen atoms in total. The van der Waals surface area contributed by atoms with Crippen molar-refractivity contribution in [1.82, 2.24) is 4.90 Å². The Kier molecular flexibility index (Phi) is 4.81. The summed E-state index contributed by atoms with van der Waals surface area (Å²) in [7, 11) is 3.15. The van der Waals surface area contributed by atoms with Crippen LogP contribution in [0.5, 0.6) is 23.0 Å². The molecule has 1 fully saturated rings. The van der Waals surface area contributed by atoms with E-state index in [0.29, 0.717) is 23.7 Å². The third-order valence-corrected chi connectivity index (χ3v) is 4.96. The Labute approximate surface area is 166 Å². The number of hydrogen-bond acceptors (Lipinski definition) is 5. The van der Waals surface area contributed by atoms with E-state index in [1.807, 2.05) is 6.07 Å². The van der Waals surface area contributed by atoms with E-state index >= 15 is 0 Å². The Morgan fingerprint density at radius 2 is 1.93 bits per heavy atom. The average molecular weight is 406 g/mol. The quantitative estimate of drug-likeness (QED) is 0.815. The van der Waals surface area contributed by atoms with E-state index in [2.05, 4.69) is 14.8 Å². The zero-order valence-electron chi connectivity index (χ0n) is 15.9. The number of amides is 2. The standard InChI is InChI=1S/C20H20F2N2O5/c1-26-13-6-8-16(27-2)14(11-13)15-4-3-9-24(15)19(25)23-12-5-7-17-18(10-12)29-20(21,22)28-17/h5-8,10-11,15H,3-4,9H2,1-2H3,(H,23,25)/t15-/m0/s1. The number of benzene rings is 2. The second-order valence-electron chi connectivity index (χ2n) is 6.72. The molecule has 0 radical (unpaired) electrons. The molecule has 0 aliphatic carbocycles. The van der Waals surface area contributed by atoms with Gasteiger partial charge in [0.15, 0.2) is 11.5 Å². The third-order valence-electron chi connectivity index (χ3n) is 4.96. The van der Waals surface area contributed by atoms with Crippen molar-refractivity contribution < 1.29 is 32.5 Å². The number of nitrogens with zero attached hydrogens (tertiary/aromatic N) is 1. The topological polar surface area (TPSA) is 69.3 Å². The van der Waals surface area contributed by atoms with Gasteiger partial charge in [-0.3, -0.25) is 0 Å². The minimum absolute atomic E-state index is 0.0758. The van der Waals surface area contributed by atoms with E-state index in [0.717, 1.165) is 18.4 Å². The molecule has 2 aromatic carbocycles. The summed E-state index contributed by atoms with van der Waals surface area (Å²) in [4.78, 5) is 14.6. The Morgan fingerprint density at radius 1 is 1.14 bits per heavy atom. The molecule has 0 spiro atoms. The second-order valence-corrected chi connectivity index (χ2v) is 6.72. The smallest absolute Gasteiger partial charge is 0.497 e. The minimum Gasteiger partial charge on any atom is -0.497 e. The fourth-order valence-corrected chi connectivity index (χ4v) is 3.65. The number of alkyl halides is 2. The molecule has 154 valence electrons. The first-order valence-electron chi connectivity index (χ1n) is 9.09. The number of hydrogen-bond donors (Lipinski definition) is 1. The van der Waals surface area contributed by atoms with Crippen LogP contribution in [-0.4, -0.2) is 38.0 Å². The maximum atomic E-state index is 13.2. The molecule has 1 saturated heterocycles. The van der Waals surface area contributed by atoms with Gasteiger partial charge in [-0.05, 0) is 43.2 Å². The Bertz CT molecular complexity index is 937. The van der Waals surface area contributed by atoms with E-state index in [9.17, 15) is 13.6 Å². The van der Waals surface area contributed by atoms with Crippen molar-refractivity contribution in [3.05, 3.63) is 42.0 Å². The highest BCUT2D eigenvalue weighted by atomic mass is 19.3. The van der Waals surface area contributed by atoms with Crippen molar-refractivity contribution in [2.24, 2.45) is 0 Å². The number of halogens is 2. The monoisotopic (exact) mass is 406 g/mol. The number of fused-ring (bicyclic) bond motifs is 1. The molecule has 0 unspecified atom stereocenters. The van der Waals surface area contributed by atoms with Crippen molar-refractivity contribution in [3.63, 3.8) is 0 Å². The first kappa shape index (κ1) is 19.1. The van der Waals surface area contributed by atoms with E-state index in [1.54, 1.807) is 31.3 Å². The second kappa shape index (κ2) is 7.31. The lowest BCUT2D eigenvalue weighted by atomic mass is 10.0. The van der Waals surface area contributed by atoms with Crippen LogP contribution in [0.15, 0.2) is 36.4 Å². The SMILES string of the molecule is COc1ccc(OC)c([C@@H]2CCCN2C(=O)Nc2ccc3c(c2)OC(F)(F)O3)c1. The van der Waals surface area contributed by atoms with Gasteiger partial charge in [0.05, 0.1) is 20.3 Å². The number of rotatable bonds is 4. The zero-order chi connectivity index (χ0) is 20.6. The number of carbonyl (C=O) groups excluding carboxylic acids is 1. The van der Waals surface area contributed by atoms with Crippen LogP contribution >= 0.6 is 0 Å². The lowest BCUT2D eigenvalue weighted by Gasteiger charge is -2.27. The van der Waals surface area contributed by atoms with Gasteiger partial charge in [0.2, 0.25) is 0 Å². The van der Waals surface area contributed by atoms with E-state index in [1.165, 1.54) is 18.2 Å². The zero-order valence-corrected chi connectivity index (χ0v) is 15.9. The van der Waals surface area contributed by atoms with Crippen molar-refractivity contribution in [3.8, 4) is 23.0 Å². The summed E-state index contributed by atoms with van der Waals surface area (Å²) in [5, 5.41) is 2.74. The number of likely N-dealkylation sites (tertiary alicyclic amines) is 1. The molecule has 0 aromatic heterocycles. The van der Waals surface area contributed by atoms with Gasteiger partial charge in [0.1, 0.15) is 11.5 Å². The van der Waals surface area contributed by atoms with Crippen LogP contribution in [-0.2, 0) is 0 Å². The molecule has 9 heteroatoms. The molecular weight excluding hydrogens is 386 g/mol. The summed E-state index contributed by atoms with van der Waals surface area (Å²) in [5.41, 5.74) is 1.18. The van der Waals surface area contributed by atoms with Gasteiger partial charge in [-0.1, -0.05) is 0 Å². The molecule has 2 heterocycles. The summed E-state index contributed by atoms with van der Waals surface area (Å²) >= 11 is 0. The summed E-state index contributed by atoms with van der Waals surface area (Å²) in [6.07, 6.45) is -2.11. The number of anilines is 1. The predicted molar refractivity (Wildman–Crippen MR) is 99.9 cm³/mol. The minimum atomic E-state index is -3.70. The summed E-state index contributed by atoms with van der Waals surface area (Å²) in [6, 6.07) is 9.05. The molecule has 29 heavy (non-hydrogen) atoms. The molecule has 4 rings (SSSR count).